The number of thiazole rings is 1. The molecule has 0 fully saturated rings. The number of aromatic nitrogens is 1. The molecular formula is C15H18N2O3S2. The first kappa shape index (κ1) is 16.6. The zero-order valence-electron chi connectivity index (χ0n) is 12.9. The Morgan fingerprint density at radius 3 is 2.68 bits per heavy atom. The number of rotatable bonds is 4. The van der Waals surface area contributed by atoms with Crippen molar-refractivity contribution in [2.75, 3.05) is 6.61 Å². The molecule has 2 rings (SSSR count). The third-order valence-corrected chi connectivity index (χ3v) is 4.74. The third kappa shape index (κ3) is 4.38. The Labute approximate surface area is 137 Å². The van der Waals surface area contributed by atoms with Crippen LogP contribution < -0.4 is 5.32 Å². The average molecular weight is 338 g/mol. The van der Waals surface area contributed by atoms with Crippen molar-refractivity contribution in [2.24, 2.45) is 0 Å². The summed E-state index contributed by atoms with van der Waals surface area (Å²) in [5.74, 6) is -0.830. The summed E-state index contributed by atoms with van der Waals surface area (Å²) < 4.78 is 5.07. The number of esters is 1. The highest BCUT2D eigenvalue weighted by atomic mass is 32.1. The first-order valence-electron chi connectivity index (χ1n) is 6.76. The summed E-state index contributed by atoms with van der Waals surface area (Å²) in [6.45, 7) is 7.08. The summed E-state index contributed by atoms with van der Waals surface area (Å²) in [6.07, 6.45) is 0. The van der Waals surface area contributed by atoms with Gasteiger partial charge in [0.05, 0.1) is 10.6 Å². The summed E-state index contributed by atoms with van der Waals surface area (Å²) in [7, 11) is 0. The second kappa shape index (κ2) is 6.58. The maximum absolute atomic E-state index is 12.1. The largest absolute Gasteiger partial charge is 0.451 e. The molecule has 0 saturated heterocycles. The normalized spacial score (nSPS) is 11.3. The van der Waals surface area contributed by atoms with E-state index in [0.717, 1.165) is 9.88 Å². The van der Waals surface area contributed by atoms with Gasteiger partial charge in [-0.05, 0) is 39.1 Å². The Balaban J connectivity index is 2.00. The summed E-state index contributed by atoms with van der Waals surface area (Å²) in [5, 5.41) is 5.49. The zero-order valence-corrected chi connectivity index (χ0v) is 14.6. The van der Waals surface area contributed by atoms with Crippen LogP contribution in [0.25, 0.3) is 9.88 Å². The molecule has 0 aliphatic heterocycles. The van der Waals surface area contributed by atoms with E-state index in [1.807, 2.05) is 38.3 Å². The fourth-order valence-corrected chi connectivity index (χ4v) is 3.50. The number of aryl methyl sites for hydroxylation is 1. The minimum atomic E-state index is -0.512. The molecule has 0 radical (unpaired) electrons. The molecule has 5 nitrogen and oxygen atoms in total. The molecule has 7 heteroatoms. The fraction of sp³-hybridized carbons (Fsp3) is 0.400. The molecule has 0 aliphatic rings. The van der Waals surface area contributed by atoms with Crippen LogP contribution in [0.3, 0.4) is 0 Å². The van der Waals surface area contributed by atoms with Gasteiger partial charge >= 0.3 is 5.97 Å². The topological polar surface area (TPSA) is 68.3 Å². The lowest BCUT2D eigenvalue weighted by atomic mass is 10.1. The lowest BCUT2D eigenvalue weighted by Gasteiger charge is -2.20. The molecule has 0 unspecified atom stereocenters. The van der Waals surface area contributed by atoms with Crippen molar-refractivity contribution in [3.63, 3.8) is 0 Å². The van der Waals surface area contributed by atoms with Gasteiger partial charge in [-0.2, -0.15) is 0 Å². The first-order valence-corrected chi connectivity index (χ1v) is 8.45. The number of nitrogens with one attached hydrogen (secondary N) is 1. The van der Waals surface area contributed by atoms with Gasteiger partial charge in [0.2, 0.25) is 0 Å². The predicted molar refractivity (Wildman–Crippen MR) is 88.3 cm³/mol. The molecule has 0 bridgehead atoms. The third-order valence-electron chi connectivity index (χ3n) is 2.56. The summed E-state index contributed by atoms with van der Waals surface area (Å²) in [5.41, 5.74) is 0.269. The molecule has 118 valence electrons. The minimum absolute atomic E-state index is 0.290. The maximum Gasteiger partial charge on any atom is 0.350 e. The van der Waals surface area contributed by atoms with Crippen LogP contribution >= 0.6 is 22.7 Å². The molecule has 1 amide bonds. The van der Waals surface area contributed by atoms with Crippen LogP contribution in [0.5, 0.6) is 0 Å². The van der Waals surface area contributed by atoms with Gasteiger partial charge in [-0.25, -0.2) is 9.78 Å². The van der Waals surface area contributed by atoms with Gasteiger partial charge in [0, 0.05) is 5.54 Å². The van der Waals surface area contributed by atoms with Crippen LogP contribution in [-0.4, -0.2) is 29.0 Å². The molecule has 0 aliphatic carbocycles. The highest BCUT2D eigenvalue weighted by Crippen LogP contribution is 2.31. The van der Waals surface area contributed by atoms with Crippen molar-refractivity contribution in [2.45, 2.75) is 33.2 Å². The fourth-order valence-electron chi connectivity index (χ4n) is 1.74. The number of hydrogen-bond acceptors (Lipinski definition) is 6. The number of carbonyl (C=O) groups excluding carboxylic acids is 2. The van der Waals surface area contributed by atoms with Gasteiger partial charge in [-0.1, -0.05) is 6.07 Å². The van der Waals surface area contributed by atoms with Crippen molar-refractivity contribution >= 4 is 34.6 Å². The van der Waals surface area contributed by atoms with Gasteiger partial charge in [0.1, 0.15) is 9.88 Å². The van der Waals surface area contributed by atoms with E-state index in [-0.39, 0.29) is 18.1 Å². The Kier molecular flexibility index (Phi) is 4.97. The van der Waals surface area contributed by atoms with E-state index in [0.29, 0.717) is 10.6 Å². The number of amides is 1. The van der Waals surface area contributed by atoms with Crippen LogP contribution in [0.1, 0.15) is 36.1 Å². The second-order valence-corrected chi connectivity index (χ2v) is 7.73. The van der Waals surface area contributed by atoms with E-state index in [2.05, 4.69) is 10.3 Å². The van der Waals surface area contributed by atoms with Crippen molar-refractivity contribution in [3.05, 3.63) is 28.1 Å². The van der Waals surface area contributed by atoms with E-state index < -0.39 is 5.97 Å². The molecule has 22 heavy (non-hydrogen) atoms. The van der Waals surface area contributed by atoms with Gasteiger partial charge in [0.25, 0.3) is 5.91 Å². The Morgan fingerprint density at radius 2 is 2.09 bits per heavy atom. The van der Waals surface area contributed by atoms with Crippen molar-refractivity contribution in [3.8, 4) is 9.88 Å². The summed E-state index contributed by atoms with van der Waals surface area (Å²) >= 11 is 2.85. The van der Waals surface area contributed by atoms with E-state index in [4.69, 9.17) is 4.74 Å². The highest BCUT2D eigenvalue weighted by molar-refractivity contribution is 7.22. The average Bonchev–Trinajstić information content (AvgIpc) is 3.02. The molecule has 0 saturated carbocycles. The quantitative estimate of drug-likeness (QED) is 0.869. The first-order chi connectivity index (χ1) is 10.3. The number of ether oxygens (including phenoxy) is 1. The monoisotopic (exact) mass is 338 g/mol. The van der Waals surface area contributed by atoms with E-state index in [1.54, 1.807) is 18.3 Å². The van der Waals surface area contributed by atoms with E-state index >= 15 is 0 Å². The highest BCUT2D eigenvalue weighted by Gasteiger charge is 2.20. The van der Waals surface area contributed by atoms with Gasteiger partial charge in [-0.15, -0.1) is 22.7 Å². The van der Waals surface area contributed by atoms with Crippen LogP contribution in [0, 0.1) is 6.92 Å². The van der Waals surface area contributed by atoms with Gasteiger partial charge in [-0.3, -0.25) is 4.79 Å². The van der Waals surface area contributed by atoms with Crippen LogP contribution in [0.2, 0.25) is 0 Å². The number of nitrogens with zero attached hydrogens (tertiary/aromatic N) is 1. The van der Waals surface area contributed by atoms with Crippen LogP contribution in [-0.2, 0) is 9.53 Å². The Morgan fingerprint density at radius 1 is 1.36 bits per heavy atom. The summed E-state index contributed by atoms with van der Waals surface area (Å²) in [4.78, 5) is 29.6. The molecule has 0 atom stereocenters. The second-order valence-electron chi connectivity index (χ2n) is 5.79. The standard InChI is InChI=1S/C15H18N2O3S2/c1-9-12(22-13(16-9)10-6-5-7-21-10)14(19)20-8-11(18)17-15(2,3)4/h5-7H,8H2,1-4H3,(H,17,18). The Bertz CT molecular complexity index is 670. The van der Waals surface area contributed by atoms with Crippen LogP contribution in [0.4, 0.5) is 0 Å². The maximum atomic E-state index is 12.1. The molecule has 2 aromatic rings. The zero-order chi connectivity index (χ0) is 16.3. The van der Waals surface area contributed by atoms with Gasteiger partial charge < -0.3 is 10.1 Å². The SMILES string of the molecule is Cc1nc(-c2cccs2)sc1C(=O)OCC(=O)NC(C)(C)C. The molecule has 2 heterocycles. The lowest BCUT2D eigenvalue weighted by molar-refractivity contribution is -0.125. The van der Waals surface area contributed by atoms with E-state index in [1.165, 1.54) is 11.3 Å². The van der Waals surface area contributed by atoms with Crippen molar-refractivity contribution < 1.29 is 14.3 Å². The van der Waals surface area contributed by atoms with Crippen molar-refractivity contribution in [1.82, 2.24) is 10.3 Å². The van der Waals surface area contributed by atoms with E-state index in [9.17, 15) is 9.59 Å². The smallest absolute Gasteiger partial charge is 0.350 e. The predicted octanol–water partition coefficient (Wildman–Crippen LogP) is 3.25. The molecule has 0 aromatic carbocycles. The van der Waals surface area contributed by atoms with Gasteiger partial charge in [0.15, 0.2) is 6.61 Å². The van der Waals surface area contributed by atoms with Crippen molar-refractivity contribution in [1.29, 1.82) is 0 Å². The number of carbonyl (C=O) groups is 2. The molecule has 1 N–H and O–H groups in total. The van der Waals surface area contributed by atoms with Crippen LogP contribution in [0.15, 0.2) is 17.5 Å². The minimum Gasteiger partial charge on any atom is -0.451 e. The number of thiophene rings is 1. The summed E-state index contributed by atoms with van der Waals surface area (Å²) in [6, 6.07) is 3.89. The Hall–Kier alpha value is -1.73. The molecule has 2 aromatic heterocycles. The lowest BCUT2D eigenvalue weighted by Crippen LogP contribution is -2.42. The number of hydrogen-bond donors (Lipinski definition) is 1. The molecule has 0 spiro atoms. The molecular weight excluding hydrogens is 320 g/mol.